The summed E-state index contributed by atoms with van der Waals surface area (Å²) in [5, 5.41) is 9.20. The van der Waals surface area contributed by atoms with E-state index in [9.17, 15) is 9.50 Å². The monoisotopic (exact) mass is 246 g/mol. The Kier molecular flexibility index (Phi) is 3.24. The van der Waals surface area contributed by atoms with Gasteiger partial charge in [-0.25, -0.2) is 4.39 Å². The standard InChI is InChI=1S/C15H15FO2/c1-9-7-15(18-3)10(2)6-12(9)11-4-5-14(17)13(16)8-11/h4-8,17H,1-3H3. The van der Waals surface area contributed by atoms with Gasteiger partial charge in [-0.05, 0) is 60.4 Å². The minimum atomic E-state index is -0.611. The molecule has 0 heterocycles. The molecule has 3 heteroatoms. The summed E-state index contributed by atoms with van der Waals surface area (Å²) in [5.74, 6) is -0.127. The number of rotatable bonds is 2. The van der Waals surface area contributed by atoms with Gasteiger partial charge in [0.05, 0.1) is 7.11 Å². The molecule has 0 aliphatic rings. The lowest BCUT2D eigenvalue weighted by Gasteiger charge is -2.12. The van der Waals surface area contributed by atoms with E-state index in [0.29, 0.717) is 0 Å². The van der Waals surface area contributed by atoms with Crippen molar-refractivity contribution in [2.24, 2.45) is 0 Å². The van der Waals surface area contributed by atoms with Crippen molar-refractivity contribution in [2.75, 3.05) is 7.11 Å². The molecule has 2 rings (SSSR count). The lowest BCUT2D eigenvalue weighted by molar-refractivity contribution is 0.411. The van der Waals surface area contributed by atoms with E-state index in [-0.39, 0.29) is 5.75 Å². The van der Waals surface area contributed by atoms with Gasteiger partial charge < -0.3 is 9.84 Å². The van der Waals surface area contributed by atoms with Gasteiger partial charge in [-0.15, -0.1) is 0 Å². The number of hydrogen-bond acceptors (Lipinski definition) is 2. The van der Waals surface area contributed by atoms with E-state index in [0.717, 1.165) is 28.0 Å². The maximum absolute atomic E-state index is 13.4. The van der Waals surface area contributed by atoms with E-state index >= 15 is 0 Å². The Bertz CT molecular complexity index is 591. The lowest BCUT2D eigenvalue weighted by atomic mass is 9.97. The summed E-state index contributed by atoms with van der Waals surface area (Å²) in [5.41, 5.74) is 3.68. The van der Waals surface area contributed by atoms with Crippen LogP contribution in [-0.2, 0) is 0 Å². The van der Waals surface area contributed by atoms with Gasteiger partial charge in [-0.3, -0.25) is 0 Å². The molecule has 18 heavy (non-hydrogen) atoms. The van der Waals surface area contributed by atoms with Crippen molar-refractivity contribution in [3.8, 4) is 22.6 Å². The van der Waals surface area contributed by atoms with Gasteiger partial charge in [0.2, 0.25) is 0 Å². The van der Waals surface area contributed by atoms with Crippen molar-refractivity contribution in [3.63, 3.8) is 0 Å². The molecule has 1 N–H and O–H groups in total. The van der Waals surface area contributed by atoms with E-state index in [1.807, 2.05) is 26.0 Å². The number of phenolic OH excluding ortho intramolecular Hbond substituents is 1. The molecule has 0 saturated carbocycles. The minimum Gasteiger partial charge on any atom is -0.505 e. The van der Waals surface area contributed by atoms with Crippen LogP contribution >= 0.6 is 0 Å². The van der Waals surface area contributed by atoms with Gasteiger partial charge >= 0.3 is 0 Å². The maximum Gasteiger partial charge on any atom is 0.165 e. The van der Waals surface area contributed by atoms with Crippen LogP contribution in [0.3, 0.4) is 0 Å². The third-order valence-corrected chi connectivity index (χ3v) is 3.00. The van der Waals surface area contributed by atoms with E-state index in [1.54, 1.807) is 13.2 Å². The highest BCUT2D eigenvalue weighted by Crippen LogP contribution is 2.31. The first-order valence-electron chi connectivity index (χ1n) is 5.67. The Labute approximate surface area is 106 Å². The fourth-order valence-electron chi connectivity index (χ4n) is 2.00. The number of methoxy groups -OCH3 is 1. The number of ether oxygens (including phenoxy) is 1. The van der Waals surface area contributed by atoms with E-state index in [1.165, 1.54) is 12.1 Å². The van der Waals surface area contributed by atoms with Crippen LogP contribution in [0.15, 0.2) is 30.3 Å². The van der Waals surface area contributed by atoms with Crippen molar-refractivity contribution in [1.82, 2.24) is 0 Å². The van der Waals surface area contributed by atoms with Crippen molar-refractivity contribution in [1.29, 1.82) is 0 Å². The fraction of sp³-hybridized carbons (Fsp3) is 0.200. The van der Waals surface area contributed by atoms with Crippen molar-refractivity contribution < 1.29 is 14.2 Å². The van der Waals surface area contributed by atoms with Crippen molar-refractivity contribution in [3.05, 3.63) is 47.3 Å². The van der Waals surface area contributed by atoms with Gasteiger partial charge in [0.25, 0.3) is 0 Å². The average Bonchev–Trinajstić information content (AvgIpc) is 2.35. The number of hydrogen-bond donors (Lipinski definition) is 1. The third-order valence-electron chi connectivity index (χ3n) is 3.00. The largest absolute Gasteiger partial charge is 0.505 e. The highest BCUT2D eigenvalue weighted by atomic mass is 19.1. The van der Waals surface area contributed by atoms with Crippen LogP contribution < -0.4 is 4.74 Å². The van der Waals surface area contributed by atoms with Gasteiger partial charge in [-0.2, -0.15) is 0 Å². The Morgan fingerprint density at radius 2 is 1.78 bits per heavy atom. The molecule has 0 unspecified atom stereocenters. The van der Waals surface area contributed by atoms with Crippen LogP contribution in [0.4, 0.5) is 4.39 Å². The summed E-state index contributed by atoms with van der Waals surface area (Å²) in [7, 11) is 1.63. The van der Waals surface area contributed by atoms with E-state index in [4.69, 9.17) is 4.74 Å². The van der Waals surface area contributed by atoms with Gasteiger partial charge in [-0.1, -0.05) is 6.07 Å². The Hall–Kier alpha value is -2.03. The van der Waals surface area contributed by atoms with Crippen LogP contribution in [0, 0.1) is 19.7 Å². The first-order valence-corrected chi connectivity index (χ1v) is 5.67. The molecule has 0 aliphatic carbocycles. The van der Waals surface area contributed by atoms with Crippen molar-refractivity contribution >= 4 is 0 Å². The van der Waals surface area contributed by atoms with Crippen LogP contribution in [0.25, 0.3) is 11.1 Å². The second-order valence-electron chi connectivity index (χ2n) is 4.30. The highest BCUT2D eigenvalue weighted by Gasteiger charge is 2.09. The van der Waals surface area contributed by atoms with Gasteiger partial charge in [0.1, 0.15) is 5.75 Å². The van der Waals surface area contributed by atoms with Crippen LogP contribution in [-0.4, -0.2) is 12.2 Å². The minimum absolute atomic E-state index is 0.332. The summed E-state index contributed by atoms with van der Waals surface area (Å²) in [6, 6.07) is 8.29. The Balaban J connectivity index is 2.57. The summed E-state index contributed by atoms with van der Waals surface area (Å²) in [4.78, 5) is 0. The topological polar surface area (TPSA) is 29.5 Å². The Morgan fingerprint density at radius 1 is 1.06 bits per heavy atom. The van der Waals surface area contributed by atoms with Crippen LogP contribution in [0.2, 0.25) is 0 Å². The SMILES string of the molecule is COc1cc(C)c(-c2ccc(O)c(F)c2)cc1C. The molecule has 0 aromatic heterocycles. The number of benzene rings is 2. The predicted molar refractivity (Wildman–Crippen MR) is 69.5 cm³/mol. The number of phenols is 1. The smallest absolute Gasteiger partial charge is 0.165 e. The Morgan fingerprint density at radius 3 is 2.39 bits per heavy atom. The van der Waals surface area contributed by atoms with Crippen LogP contribution in [0.1, 0.15) is 11.1 Å². The molecule has 2 aromatic rings. The zero-order valence-corrected chi connectivity index (χ0v) is 10.6. The number of halogens is 1. The van der Waals surface area contributed by atoms with Crippen LogP contribution in [0.5, 0.6) is 11.5 Å². The first kappa shape index (κ1) is 12.4. The first-order chi connectivity index (χ1) is 8.52. The normalized spacial score (nSPS) is 10.4. The molecule has 0 fully saturated rings. The summed E-state index contributed by atoms with van der Waals surface area (Å²) in [6.07, 6.45) is 0. The third kappa shape index (κ3) is 2.16. The maximum atomic E-state index is 13.4. The summed E-state index contributed by atoms with van der Waals surface area (Å²) in [6.45, 7) is 3.89. The molecule has 0 saturated heterocycles. The zero-order valence-electron chi connectivity index (χ0n) is 10.6. The molecule has 0 amide bonds. The van der Waals surface area contributed by atoms with Gasteiger partial charge in [0, 0.05) is 0 Å². The summed E-state index contributed by atoms with van der Waals surface area (Å²) < 4.78 is 18.6. The van der Waals surface area contributed by atoms with Crippen molar-refractivity contribution in [2.45, 2.75) is 13.8 Å². The summed E-state index contributed by atoms with van der Waals surface area (Å²) >= 11 is 0. The zero-order chi connectivity index (χ0) is 13.3. The lowest BCUT2D eigenvalue weighted by Crippen LogP contribution is -1.92. The molecular weight excluding hydrogens is 231 g/mol. The quantitative estimate of drug-likeness (QED) is 0.872. The molecule has 0 atom stereocenters. The second kappa shape index (κ2) is 4.69. The molecule has 2 nitrogen and oxygen atoms in total. The highest BCUT2D eigenvalue weighted by molar-refractivity contribution is 5.70. The van der Waals surface area contributed by atoms with Gasteiger partial charge in [0.15, 0.2) is 11.6 Å². The molecule has 94 valence electrons. The number of aromatic hydroxyl groups is 1. The van der Waals surface area contributed by atoms with E-state index in [2.05, 4.69) is 0 Å². The van der Waals surface area contributed by atoms with E-state index < -0.39 is 5.82 Å². The molecule has 2 aromatic carbocycles. The molecule has 0 bridgehead atoms. The average molecular weight is 246 g/mol. The predicted octanol–water partition coefficient (Wildman–Crippen LogP) is 3.82. The fourth-order valence-corrected chi connectivity index (χ4v) is 2.00. The molecule has 0 radical (unpaired) electrons. The number of aryl methyl sites for hydroxylation is 2. The molecule has 0 spiro atoms. The second-order valence-corrected chi connectivity index (χ2v) is 4.30. The molecule has 0 aliphatic heterocycles. The molecular formula is C15H15FO2.